The first kappa shape index (κ1) is 29.3. The van der Waals surface area contributed by atoms with Gasteiger partial charge in [-0.3, -0.25) is 9.78 Å². The molecular weight excluding hydrogens is 492 g/mol. The lowest BCUT2D eigenvalue weighted by molar-refractivity contribution is 0.0692. The lowest BCUT2D eigenvalue weighted by Gasteiger charge is -2.31. The summed E-state index contributed by atoms with van der Waals surface area (Å²) in [5, 5.41) is 3.63. The first-order chi connectivity index (χ1) is 18.9. The Bertz CT molecular complexity index is 1060. The summed E-state index contributed by atoms with van der Waals surface area (Å²) in [7, 11) is 3.39. The molecule has 214 valence electrons. The maximum absolute atomic E-state index is 13.4. The van der Waals surface area contributed by atoms with Gasteiger partial charge in [0.05, 0.1) is 25.6 Å². The van der Waals surface area contributed by atoms with Crippen molar-refractivity contribution in [3.05, 3.63) is 47.5 Å². The van der Waals surface area contributed by atoms with E-state index < -0.39 is 0 Å². The van der Waals surface area contributed by atoms with E-state index in [2.05, 4.69) is 46.2 Å². The van der Waals surface area contributed by atoms with Crippen LogP contribution in [0.4, 0.5) is 0 Å². The lowest BCUT2D eigenvalue weighted by atomic mass is 9.78. The van der Waals surface area contributed by atoms with Gasteiger partial charge in [-0.15, -0.1) is 0 Å². The van der Waals surface area contributed by atoms with Gasteiger partial charge in [0.25, 0.3) is 5.91 Å². The molecular formula is C31H46N4O4. The van der Waals surface area contributed by atoms with Crippen LogP contribution in [0.2, 0.25) is 0 Å². The molecule has 1 aromatic heterocycles. The molecule has 1 saturated heterocycles. The number of hydrogen-bond donors (Lipinski definition) is 1. The molecule has 1 aromatic carbocycles. The standard InChI is InChI=1S/C31H46N4O4/c1-21(2)24(13-23-7-10-29(38-5)30(14-23)39-12-6-11-37-4)15-25-17-32-18-26(25)20-35(27-8-9-27)31(36)28-19-33-22(3)16-34-28/h7,10,14,16,19,21,24-27,32H,6,8-9,11-13,15,17-18,20H2,1-5H3/t24-,25-,26-/m0/s1. The predicted octanol–water partition coefficient (Wildman–Crippen LogP) is 4.55. The number of nitrogens with zero attached hydrogens (tertiary/aromatic N) is 3. The van der Waals surface area contributed by atoms with E-state index in [9.17, 15) is 4.79 Å². The number of benzene rings is 1. The van der Waals surface area contributed by atoms with Gasteiger partial charge in [0, 0.05) is 38.9 Å². The van der Waals surface area contributed by atoms with Crippen LogP contribution in [0.1, 0.15) is 61.3 Å². The van der Waals surface area contributed by atoms with Crippen molar-refractivity contribution in [3.63, 3.8) is 0 Å². The average Bonchev–Trinajstić information content (AvgIpc) is 3.68. The van der Waals surface area contributed by atoms with Gasteiger partial charge in [0.2, 0.25) is 0 Å². The van der Waals surface area contributed by atoms with Crippen LogP contribution in [0.25, 0.3) is 0 Å². The van der Waals surface area contributed by atoms with Crippen LogP contribution in [-0.4, -0.2) is 73.9 Å². The third kappa shape index (κ3) is 8.15. The highest BCUT2D eigenvalue weighted by Gasteiger charge is 2.38. The fraction of sp³-hybridized carbons (Fsp3) is 0.645. The van der Waals surface area contributed by atoms with Crippen LogP contribution >= 0.6 is 0 Å². The Kier molecular flexibility index (Phi) is 10.6. The molecule has 0 radical (unpaired) electrons. The minimum atomic E-state index is 0.0207. The number of methoxy groups -OCH3 is 2. The van der Waals surface area contributed by atoms with E-state index in [0.29, 0.717) is 48.6 Å². The quantitative estimate of drug-likeness (QED) is 0.333. The van der Waals surface area contributed by atoms with E-state index in [1.807, 2.05) is 13.0 Å². The summed E-state index contributed by atoms with van der Waals surface area (Å²) < 4.78 is 16.7. The highest BCUT2D eigenvalue weighted by molar-refractivity contribution is 5.92. The van der Waals surface area contributed by atoms with Gasteiger partial charge in [-0.2, -0.15) is 0 Å². The Labute approximate surface area is 233 Å². The van der Waals surface area contributed by atoms with E-state index >= 15 is 0 Å². The molecule has 39 heavy (non-hydrogen) atoms. The Morgan fingerprint density at radius 2 is 1.87 bits per heavy atom. The molecule has 2 aromatic rings. The Morgan fingerprint density at radius 1 is 1.08 bits per heavy atom. The van der Waals surface area contributed by atoms with Crippen molar-refractivity contribution in [3.8, 4) is 11.5 Å². The zero-order chi connectivity index (χ0) is 27.8. The van der Waals surface area contributed by atoms with Crippen molar-refractivity contribution in [1.82, 2.24) is 20.2 Å². The van der Waals surface area contributed by atoms with E-state index in [0.717, 1.165) is 68.9 Å². The van der Waals surface area contributed by atoms with Crippen molar-refractivity contribution in [2.24, 2.45) is 23.7 Å². The molecule has 8 nitrogen and oxygen atoms in total. The molecule has 8 heteroatoms. The first-order valence-corrected chi connectivity index (χ1v) is 14.5. The van der Waals surface area contributed by atoms with Gasteiger partial charge in [-0.1, -0.05) is 19.9 Å². The molecule has 1 amide bonds. The zero-order valence-electron chi connectivity index (χ0n) is 24.3. The van der Waals surface area contributed by atoms with Crippen molar-refractivity contribution in [1.29, 1.82) is 0 Å². The summed E-state index contributed by atoms with van der Waals surface area (Å²) in [5.41, 5.74) is 2.55. The fourth-order valence-electron chi connectivity index (χ4n) is 5.59. The normalized spacial score (nSPS) is 19.7. The largest absolute Gasteiger partial charge is 0.493 e. The molecule has 3 atom stereocenters. The third-order valence-corrected chi connectivity index (χ3v) is 8.18. The van der Waals surface area contributed by atoms with Gasteiger partial charge in [0.1, 0.15) is 5.69 Å². The highest BCUT2D eigenvalue weighted by atomic mass is 16.5. The summed E-state index contributed by atoms with van der Waals surface area (Å²) >= 11 is 0. The summed E-state index contributed by atoms with van der Waals surface area (Å²) in [5.74, 6) is 3.62. The molecule has 0 unspecified atom stereocenters. The minimum absolute atomic E-state index is 0.0207. The Hall–Kier alpha value is -2.71. The number of nitrogens with one attached hydrogen (secondary N) is 1. The molecule has 4 rings (SSSR count). The summed E-state index contributed by atoms with van der Waals surface area (Å²) in [6.45, 7) is 10.5. The third-order valence-electron chi connectivity index (χ3n) is 8.18. The van der Waals surface area contributed by atoms with Crippen LogP contribution in [0.5, 0.6) is 11.5 Å². The van der Waals surface area contributed by atoms with Gasteiger partial charge >= 0.3 is 0 Å². The van der Waals surface area contributed by atoms with Crippen LogP contribution in [0, 0.1) is 30.6 Å². The Morgan fingerprint density at radius 3 is 2.54 bits per heavy atom. The van der Waals surface area contributed by atoms with Gasteiger partial charge in [0.15, 0.2) is 11.5 Å². The van der Waals surface area contributed by atoms with Crippen LogP contribution in [0.15, 0.2) is 30.6 Å². The first-order valence-electron chi connectivity index (χ1n) is 14.5. The summed E-state index contributed by atoms with van der Waals surface area (Å²) in [6.07, 6.45) is 8.42. The number of aryl methyl sites for hydroxylation is 1. The summed E-state index contributed by atoms with van der Waals surface area (Å²) in [4.78, 5) is 24.1. The second kappa shape index (κ2) is 14.1. The molecule has 1 saturated carbocycles. The zero-order valence-corrected chi connectivity index (χ0v) is 24.3. The maximum Gasteiger partial charge on any atom is 0.274 e. The second-order valence-corrected chi connectivity index (χ2v) is 11.5. The molecule has 2 fully saturated rings. The number of ether oxygens (including phenoxy) is 3. The molecule has 2 aliphatic rings. The number of carbonyl (C=O) groups is 1. The number of hydrogen-bond acceptors (Lipinski definition) is 7. The number of amides is 1. The van der Waals surface area contributed by atoms with E-state index in [-0.39, 0.29) is 5.91 Å². The summed E-state index contributed by atoms with van der Waals surface area (Å²) in [6, 6.07) is 6.66. The highest BCUT2D eigenvalue weighted by Crippen LogP contribution is 2.36. The van der Waals surface area contributed by atoms with E-state index in [1.165, 1.54) is 5.56 Å². The van der Waals surface area contributed by atoms with Crippen molar-refractivity contribution < 1.29 is 19.0 Å². The van der Waals surface area contributed by atoms with Gasteiger partial charge in [-0.25, -0.2) is 4.98 Å². The SMILES string of the molecule is COCCCOc1cc(C[C@@H](C[C@H]2CNC[C@H]2CN(C(=O)c2cnc(C)cn2)C2CC2)C(C)C)ccc1OC. The predicted molar refractivity (Wildman–Crippen MR) is 152 cm³/mol. The number of rotatable bonds is 15. The van der Waals surface area contributed by atoms with Crippen molar-refractivity contribution in [2.75, 3.05) is 47.1 Å². The van der Waals surface area contributed by atoms with E-state index in [4.69, 9.17) is 14.2 Å². The smallest absolute Gasteiger partial charge is 0.274 e. The maximum atomic E-state index is 13.4. The van der Waals surface area contributed by atoms with Crippen LogP contribution in [-0.2, 0) is 11.2 Å². The monoisotopic (exact) mass is 538 g/mol. The fourth-order valence-corrected chi connectivity index (χ4v) is 5.59. The van der Waals surface area contributed by atoms with Crippen molar-refractivity contribution >= 4 is 5.91 Å². The lowest BCUT2D eigenvalue weighted by Crippen LogP contribution is -2.40. The number of aromatic nitrogens is 2. The Balaban J connectivity index is 1.41. The molecule has 2 heterocycles. The average molecular weight is 539 g/mol. The van der Waals surface area contributed by atoms with Crippen LogP contribution < -0.4 is 14.8 Å². The van der Waals surface area contributed by atoms with E-state index in [1.54, 1.807) is 26.6 Å². The molecule has 0 spiro atoms. The minimum Gasteiger partial charge on any atom is -0.493 e. The topological polar surface area (TPSA) is 85.8 Å². The molecule has 1 aliphatic heterocycles. The molecule has 0 bridgehead atoms. The second-order valence-electron chi connectivity index (χ2n) is 11.5. The van der Waals surface area contributed by atoms with Gasteiger partial charge in [-0.05, 0) is 87.1 Å². The number of carbonyl (C=O) groups excluding carboxylic acids is 1. The van der Waals surface area contributed by atoms with Gasteiger partial charge < -0.3 is 24.4 Å². The molecule has 1 N–H and O–H groups in total. The van der Waals surface area contributed by atoms with Crippen molar-refractivity contribution in [2.45, 2.75) is 58.9 Å². The van der Waals surface area contributed by atoms with Crippen LogP contribution in [0.3, 0.4) is 0 Å². The molecule has 1 aliphatic carbocycles.